The normalized spacial score (nSPS) is 11.5. The third-order valence-corrected chi connectivity index (χ3v) is 3.67. The molecule has 1 aromatic carbocycles. The molecule has 0 aliphatic carbocycles. The second-order valence-corrected chi connectivity index (χ2v) is 5.24. The number of rotatable bonds is 6. The second-order valence-electron chi connectivity index (χ2n) is 5.24. The Bertz CT molecular complexity index is 784. The monoisotopic (exact) mass is 317 g/mol. The molecule has 3 rings (SSSR count). The summed E-state index contributed by atoms with van der Waals surface area (Å²) in [6.07, 6.45) is -0.933. The first-order valence-corrected chi connectivity index (χ1v) is 7.35. The van der Waals surface area contributed by atoms with Crippen LogP contribution in [0.5, 0.6) is 0 Å². The predicted molar refractivity (Wildman–Crippen MR) is 85.3 cm³/mol. The van der Waals surface area contributed by atoms with Gasteiger partial charge in [0.15, 0.2) is 0 Å². The third-order valence-electron chi connectivity index (χ3n) is 3.67. The van der Waals surface area contributed by atoms with E-state index in [4.69, 9.17) is 5.11 Å². The average molecular weight is 317 g/mol. The van der Waals surface area contributed by atoms with E-state index in [1.165, 1.54) is 6.07 Å². The Balaban J connectivity index is 1.90. The largest absolute Gasteiger partial charge is 0.395 e. The van der Waals surface area contributed by atoms with Gasteiger partial charge in [-0.05, 0) is 28.8 Å². The van der Waals surface area contributed by atoms with Crippen molar-refractivity contribution in [3.63, 3.8) is 0 Å². The van der Waals surface area contributed by atoms with Crippen molar-refractivity contribution in [1.82, 2.24) is 15.3 Å². The molecule has 0 radical (unpaired) electrons. The Kier molecular flexibility index (Phi) is 4.64. The van der Waals surface area contributed by atoms with E-state index < -0.39 is 6.43 Å². The summed E-state index contributed by atoms with van der Waals surface area (Å²) in [7, 11) is 0. The van der Waals surface area contributed by atoms with Gasteiger partial charge in [0.1, 0.15) is 5.65 Å². The number of H-pyrrole nitrogens is 1. The van der Waals surface area contributed by atoms with Gasteiger partial charge in [0.2, 0.25) is 0 Å². The summed E-state index contributed by atoms with van der Waals surface area (Å²) in [5.41, 5.74) is 3.25. The molecule has 0 aliphatic heterocycles. The molecule has 2 aromatic heterocycles. The molecule has 0 bridgehead atoms. The zero-order valence-electron chi connectivity index (χ0n) is 12.4. The summed E-state index contributed by atoms with van der Waals surface area (Å²) in [5, 5.41) is 12.6. The van der Waals surface area contributed by atoms with E-state index in [0.717, 1.165) is 16.7 Å². The Hall–Kier alpha value is -2.31. The highest BCUT2D eigenvalue weighted by atomic mass is 19.3. The number of fused-ring (bicyclic) bond motifs is 1. The van der Waals surface area contributed by atoms with Gasteiger partial charge in [-0.1, -0.05) is 24.3 Å². The molecular formula is C17H17F2N3O. The molecule has 3 aromatic rings. The zero-order chi connectivity index (χ0) is 16.2. The minimum atomic E-state index is -2.54. The smallest absolute Gasteiger partial charge is 0.278 e. The molecule has 0 atom stereocenters. The van der Waals surface area contributed by atoms with Crippen LogP contribution in [-0.4, -0.2) is 28.2 Å². The van der Waals surface area contributed by atoms with Crippen molar-refractivity contribution in [3.8, 4) is 11.1 Å². The van der Waals surface area contributed by atoms with Crippen molar-refractivity contribution in [2.45, 2.75) is 13.0 Å². The Morgan fingerprint density at radius 2 is 1.96 bits per heavy atom. The van der Waals surface area contributed by atoms with Gasteiger partial charge in [0.25, 0.3) is 6.43 Å². The number of aromatic nitrogens is 2. The summed E-state index contributed by atoms with van der Waals surface area (Å²) < 4.78 is 25.7. The first-order chi connectivity index (χ1) is 11.2. The van der Waals surface area contributed by atoms with Crippen molar-refractivity contribution in [2.24, 2.45) is 0 Å². The van der Waals surface area contributed by atoms with Crippen molar-refractivity contribution in [1.29, 1.82) is 0 Å². The Labute approximate surface area is 132 Å². The zero-order valence-corrected chi connectivity index (χ0v) is 12.4. The highest BCUT2D eigenvalue weighted by Gasteiger charge is 2.14. The van der Waals surface area contributed by atoms with E-state index in [-0.39, 0.29) is 12.3 Å². The van der Waals surface area contributed by atoms with Crippen LogP contribution in [0.25, 0.3) is 22.2 Å². The van der Waals surface area contributed by atoms with Gasteiger partial charge >= 0.3 is 0 Å². The lowest BCUT2D eigenvalue weighted by molar-refractivity contribution is 0.147. The van der Waals surface area contributed by atoms with Crippen LogP contribution in [0.1, 0.15) is 17.7 Å². The predicted octanol–water partition coefficient (Wildman–Crippen LogP) is 3.25. The van der Waals surface area contributed by atoms with Gasteiger partial charge in [-0.15, -0.1) is 0 Å². The van der Waals surface area contributed by atoms with Gasteiger partial charge in [0.05, 0.1) is 12.3 Å². The van der Waals surface area contributed by atoms with Gasteiger partial charge in [-0.3, -0.25) is 0 Å². The van der Waals surface area contributed by atoms with E-state index >= 15 is 0 Å². The Morgan fingerprint density at radius 1 is 1.17 bits per heavy atom. The lowest BCUT2D eigenvalue weighted by Gasteiger charge is -2.06. The van der Waals surface area contributed by atoms with E-state index in [2.05, 4.69) is 15.3 Å². The maximum absolute atomic E-state index is 12.9. The van der Waals surface area contributed by atoms with Crippen LogP contribution in [0, 0.1) is 0 Å². The summed E-state index contributed by atoms with van der Waals surface area (Å²) in [5.74, 6) is 0. The fourth-order valence-electron chi connectivity index (χ4n) is 2.53. The minimum absolute atomic E-state index is 0.104. The number of aliphatic hydroxyl groups excluding tert-OH is 1. The lowest BCUT2D eigenvalue weighted by Crippen LogP contribution is -2.17. The van der Waals surface area contributed by atoms with Crippen molar-refractivity contribution >= 4 is 11.0 Å². The number of aromatic amines is 1. The molecule has 23 heavy (non-hydrogen) atoms. The van der Waals surface area contributed by atoms with Crippen LogP contribution in [-0.2, 0) is 6.54 Å². The standard InChI is InChI=1S/C17H17F2N3O/c18-16(19)15-9-14-13(5-6-21-17(14)22-15)12-3-1-11(2-4-12)10-20-7-8-23/h1-6,9,16,20,23H,7-8,10H2,(H,21,22). The van der Waals surface area contributed by atoms with Crippen molar-refractivity contribution in [3.05, 3.63) is 53.9 Å². The quantitative estimate of drug-likeness (QED) is 0.612. The number of alkyl halides is 2. The molecule has 0 spiro atoms. The number of halogens is 2. The summed E-state index contributed by atoms with van der Waals surface area (Å²) >= 11 is 0. The Morgan fingerprint density at radius 3 is 2.65 bits per heavy atom. The van der Waals surface area contributed by atoms with E-state index in [1.54, 1.807) is 6.20 Å². The fourth-order valence-corrected chi connectivity index (χ4v) is 2.53. The molecule has 3 N–H and O–H groups in total. The minimum Gasteiger partial charge on any atom is -0.395 e. The molecule has 0 unspecified atom stereocenters. The van der Waals surface area contributed by atoms with E-state index in [1.807, 2.05) is 30.3 Å². The number of nitrogens with zero attached hydrogens (tertiary/aromatic N) is 1. The topological polar surface area (TPSA) is 60.9 Å². The summed E-state index contributed by atoms with van der Waals surface area (Å²) in [6.45, 7) is 1.33. The maximum atomic E-state index is 12.9. The molecule has 0 amide bonds. The maximum Gasteiger partial charge on any atom is 0.278 e. The van der Waals surface area contributed by atoms with Gasteiger partial charge in [0, 0.05) is 24.7 Å². The fraction of sp³-hybridized carbons (Fsp3) is 0.235. The number of aliphatic hydroxyl groups is 1. The average Bonchev–Trinajstić information content (AvgIpc) is 3.00. The van der Waals surface area contributed by atoms with Crippen LogP contribution >= 0.6 is 0 Å². The first kappa shape index (κ1) is 15.6. The SMILES string of the molecule is OCCNCc1ccc(-c2ccnc3[nH]c(C(F)F)cc23)cc1. The van der Waals surface area contributed by atoms with Crippen molar-refractivity contribution in [2.75, 3.05) is 13.2 Å². The molecule has 0 saturated heterocycles. The van der Waals surface area contributed by atoms with Gasteiger partial charge in [-0.25, -0.2) is 13.8 Å². The van der Waals surface area contributed by atoms with Crippen LogP contribution in [0.4, 0.5) is 8.78 Å². The number of nitrogens with one attached hydrogen (secondary N) is 2. The van der Waals surface area contributed by atoms with Crippen LogP contribution < -0.4 is 5.32 Å². The number of hydrogen-bond donors (Lipinski definition) is 3. The van der Waals surface area contributed by atoms with Crippen LogP contribution in [0.15, 0.2) is 42.6 Å². The highest BCUT2D eigenvalue weighted by Crippen LogP contribution is 2.30. The highest BCUT2D eigenvalue weighted by molar-refractivity contribution is 5.93. The molecule has 6 heteroatoms. The van der Waals surface area contributed by atoms with Gasteiger partial charge in [-0.2, -0.15) is 0 Å². The molecule has 2 heterocycles. The number of pyridine rings is 1. The first-order valence-electron chi connectivity index (χ1n) is 7.35. The molecule has 120 valence electrons. The summed E-state index contributed by atoms with van der Waals surface area (Å²) in [6, 6.07) is 11.2. The van der Waals surface area contributed by atoms with Crippen LogP contribution in [0.2, 0.25) is 0 Å². The van der Waals surface area contributed by atoms with Gasteiger partial charge < -0.3 is 15.4 Å². The van der Waals surface area contributed by atoms with E-state index in [0.29, 0.717) is 24.1 Å². The second kappa shape index (κ2) is 6.85. The molecule has 4 nitrogen and oxygen atoms in total. The molecule has 0 fully saturated rings. The van der Waals surface area contributed by atoms with E-state index in [9.17, 15) is 8.78 Å². The summed E-state index contributed by atoms with van der Waals surface area (Å²) in [4.78, 5) is 6.77. The number of hydrogen-bond acceptors (Lipinski definition) is 3. The number of benzene rings is 1. The van der Waals surface area contributed by atoms with Crippen molar-refractivity contribution < 1.29 is 13.9 Å². The molecule has 0 saturated carbocycles. The lowest BCUT2D eigenvalue weighted by atomic mass is 10.0. The molecule has 0 aliphatic rings. The van der Waals surface area contributed by atoms with Crippen LogP contribution in [0.3, 0.4) is 0 Å². The molecular weight excluding hydrogens is 300 g/mol. The third kappa shape index (κ3) is 3.38.